The number of methoxy groups -OCH3 is 1. The zero-order valence-corrected chi connectivity index (χ0v) is 16.1. The van der Waals surface area contributed by atoms with Crippen LogP contribution in [0.5, 0.6) is 5.88 Å². The average molecular weight is 350 g/mol. The van der Waals surface area contributed by atoms with Crippen LogP contribution in [0.1, 0.15) is 18.4 Å². The van der Waals surface area contributed by atoms with Gasteiger partial charge in [-0.25, -0.2) is 4.98 Å². The van der Waals surface area contributed by atoms with Crippen molar-refractivity contribution in [2.24, 2.45) is 0 Å². The molecule has 1 heterocycles. The minimum atomic E-state index is -1.76. The molecular formula is C13H15KN2O7. The van der Waals surface area contributed by atoms with Crippen LogP contribution in [0.2, 0.25) is 0 Å². The molecule has 10 heteroatoms. The Morgan fingerprint density at radius 1 is 1.35 bits per heavy atom. The number of carbonyl (C=O) groups excluding carboxylic acids is 2. The van der Waals surface area contributed by atoms with Gasteiger partial charge >= 0.3 is 51.4 Å². The second-order valence-electron chi connectivity index (χ2n) is 4.31. The van der Waals surface area contributed by atoms with Crippen molar-refractivity contribution in [1.29, 1.82) is 0 Å². The molecule has 1 aromatic rings. The van der Waals surface area contributed by atoms with E-state index in [0.717, 1.165) is 6.20 Å². The summed E-state index contributed by atoms with van der Waals surface area (Å²) in [6.07, 6.45) is 1.12. The number of pyridine rings is 1. The standard InChI is InChI=1S/C13H16N2O7.K/c1-21-5-6-22-12-7-9(10(8-14-12)15(19)20)3-2-4-11(16)13(17)18;/h7-8H,2-6H2,1H3,(H,17,18);/q;+1/p-1. The van der Waals surface area contributed by atoms with Gasteiger partial charge < -0.3 is 19.4 Å². The normalized spacial score (nSPS) is 9.78. The van der Waals surface area contributed by atoms with Gasteiger partial charge in [-0.05, 0) is 12.8 Å². The van der Waals surface area contributed by atoms with Crippen molar-refractivity contribution < 1.29 is 80.5 Å². The molecule has 0 N–H and O–H groups in total. The summed E-state index contributed by atoms with van der Waals surface area (Å²) in [5.74, 6) is -2.59. The number of aromatic nitrogens is 1. The van der Waals surface area contributed by atoms with Gasteiger partial charge in [-0.15, -0.1) is 0 Å². The first-order valence-electron chi connectivity index (χ1n) is 6.45. The van der Waals surface area contributed by atoms with Crippen molar-refractivity contribution in [3.05, 3.63) is 27.9 Å². The number of carbonyl (C=O) groups is 2. The summed E-state index contributed by atoms with van der Waals surface area (Å²) >= 11 is 0. The molecule has 0 spiro atoms. The number of carboxylic acids is 1. The van der Waals surface area contributed by atoms with E-state index in [9.17, 15) is 24.8 Å². The third-order valence-electron chi connectivity index (χ3n) is 2.75. The van der Waals surface area contributed by atoms with Crippen LogP contribution in [0.3, 0.4) is 0 Å². The van der Waals surface area contributed by atoms with E-state index in [1.807, 2.05) is 0 Å². The van der Waals surface area contributed by atoms with Gasteiger partial charge in [0.2, 0.25) is 5.88 Å². The van der Waals surface area contributed by atoms with Gasteiger partial charge in [0.15, 0.2) is 5.78 Å². The first-order chi connectivity index (χ1) is 10.5. The molecule has 0 saturated heterocycles. The van der Waals surface area contributed by atoms with Crippen LogP contribution in [0.25, 0.3) is 0 Å². The van der Waals surface area contributed by atoms with E-state index in [0.29, 0.717) is 12.2 Å². The van der Waals surface area contributed by atoms with Gasteiger partial charge in [0.25, 0.3) is 5.69 Å². The Labute approximate surface area is 174 Å². The van der Waals surface area contributed by atoms with Crippen LogP contribution < -0.4 is 61.2 Å². The maximum Gasteiger partial charge on any atom is 1.00 e. The predicted octanol–water partition coefficient (Wildman–Crippen LogP) is -3.34. The molecule has 120 valence electrons. The van der Waals surface area contributed by atoms with E-state index >= 15 is 0 Å². The number of aliphatic carboxylic acids is 1. The predicted molar refractivity (Wildman–Crippen MR) is 71.2 cm³/mol. The van der Waals surface area contributed by atoms with Crippen LogP contribution in [-0.2, 0) is 20.7 Å². The summed E-state index contributed by atoms with van der Waals surface area (Å²) in [6.45, 7) is 0.581. The summed E-state index contributed by atoms with van der Waals surface area (Å²) in [7, 11) is 1.51. The number of nitro groups is 1. The fourth-order valence-electron chi connectivity index (χ4n) is 1.68. The Morgan fingerprint density at radius 2 is 2.04 bits per heavy atom. The summed E-state index contributed by atoms with van der Waals surface area (Å²) in [5, 5.41) is 21.2. The number of nitrogens with zero attached hydrogens (tertiary/aromatic N) is 2. The van der Waals surface area contributed by atoms with Crippen molar-refractivity contribution in [3.63, 3.8) is 0 Å². The number of rotatable bonds is 10. The minimum absolute atomic E-state index is 0. The van der Waals surface area contributed by atoms with E-state index in [1.165, 1.54) is 13.2 Å². The van der Waals surface area contributed by atoms with Crippen LogP contribution in [0.15, 0.2) is 12.3 Å². The monoisotopic (exact) mass is 350 g/mol. The third kappa shape index (κ3) is 7.95. The Bertz CT molecular complexity index is 565. The summed E-state index contributed by atoms with van der Waals surface area (Å²) < 4.78 is 10.1. The fourth-order valence-corrected chi connectivity index (χ4v) is 1.68. The molecule has 0 radical (unpaired) electrons. The summed E-state index contributed by atoms with van der Waals surface area (Å²) in [4.78, 5) is 35.4. The molecule has 1 aromatic heterocycles. The molecule has 0 bridgehead atoms. The average Bonchev–Trinajstić information content (AvgIpc) is 2.47. The summed E-state index contributed by atoms with van der Waals surface area (Å²) in [5.41, 5.74) is 0.110. The van der Waals surface area contributed by atoms with Crippen LogP contribution in [-0.4, -0.2) is 42.0 Å². The van der Waals surface area contributed by atoms with E-state index in [4.69, 9.17) is 9.47 Å². The minimum Gasteiger partial charge on any atom is -0.542 e. The molecular weight excluding hydrogens is 335 g/mol. The Morgan fingerprint density at radius 3 is 2.61 bits per heavy atom. The van der Waals surface area contributed by atoms with Gasteiger partial charge in [-0.3, -0.25) is 14.9 Å². The zero-order chi connectivity index (χ0) is 16.5. The molecule has 0 unspecified atom stereocenters. The van der Waals surface area contributed by atoms with E-state index in [2.05, 4.69) is 4.98 Å². The molecule has 0 amide bonds. The number of hydrogen-bond donors (Lipinski definition) is 0. The SMILES string of the molecule is COCCOc1cc(CCCC(=O)C(=O)[O-])c([N+](=O)[O-])cn1.[K+]. The number of carboxylic acid groups (broad SMARTS) is 1. The zero-order valence-electron chi connectivity index (χ0n) is 12.9. The van der Waals surface area contributed by atoms with Crippen molar-refractivity contribution in [1.82, 2.24) is 4.98 Å². The topological polar surface area (TPSA) is 132 Å². The Hall–Kier alpha value is -0.914. The van der Waals surface area contributed by atoms with Crippen LogP contribution in [0, 0.1) is 10.1 Å². The molecule has 0 aliphatic carbocycles. The number of hydrogen-bond acceptors (Lipinski definition) is 8. The Balaban J connectivity index is 0.00000484. The van der Waals surface area contributed by atoms with Crippen LogP contribution >= 0.6 is 0 Å². The van der Waals surface area contributed by atoms with Gasteiger partial charge in [0.1, 0.15) is 18.8 Å². The third-order valence-corrected chi connectivity index (χ3v) is 2.75. The number of ketones is 1. The van der Waals surface area contributed by atoms with Gasteiger partial charge in [-0.2, -0.15) is 0 Å². The number of ether oxygens (including phenoxy) is 2. The molecule has 0 atom stereocenters. The second-order valence-corrected chi connectivity index (χ2v) is 4.31. The Kier molecular flexibility index (Phi) is 11.1. The van der Waals surface area contributed by atoms with Gasteiger partial charge in [0.05, 0.1) is 11.5 Å². The molecule has 0 saturated carbocycles. The van der Waals surface area contributed by atoms with E-state index in [1.54, 1.807) is 0 Å². The first kappa shape index (κ1) is 22.1. The van der Waals surface area contributed by atoms with Crippen LogP contribution in [0.4, 0.5) is 5.69 Å². The van der Waals surface area contributed by atoms with Crippen molar-refractivity contribution in [2.75, 3.05) is 20.3 Å². The summed E-state index contributed by atoms with van der Waals surface area (Å²) in [6, 6.07) is 1.40. The van der Waals surface area contributed by atoms with Crippen molar-refractivity contribution >= 4 is 17.4 Å². The van der Waals surface area contributed by atoms with Crippen molar-refractivity contribution in [3.8, 4) is 5.88 Å². The van der Waals surface area contributed by atoms with Gasteiger partial charge in [-0.1, -0.05) is 0 Å². The molecule has 9 nitrogen and oxygen atoms in total. The van der Waals surface area contributed by atoms with Crippen molar-refractivity contribution in [2.45, 2.75) is 19.3 Å². The molecule has 1 rings (SSSR count). The maximum absolute atomic E-state index is 10.9. The van der Waals surface area contributed by atoms with E-state index < -0.39 is 16.7 Å². The number of Topliss-reactive ketones (excluding diaryl/α,β-unsaturated/α-hetero) is 1. The quantitative estimate of drug-likeness (QED) is 0.141. The van der Waals surface area contributed by atoms with E-state index in [-0.39, 0.29) is 88.8 Å². The van der Waals surface area contributed by atoms with Gasteiger partial charge in [0, 0.05) is 25.2 Å². The molecule has 23 heavy (non-hydrogen) atoms. The second kappa shape index (κ2) is 11.6. The smallest absolute Gasteiger partial charge is 0.542 e. The largest absolute Gasteiger partial charge is 1.00 e. The molecule has 0 aliphatic rings. The number of aryl methyl sites for hydroxylation is 1. The molecule has 0 fully saturated rings. The fraction of sp³-hybridized carbons (Fsp3) is 0.462. The maximum atomic E-state index is 10.9. The molecule has 0 aliphatic heterocycles. The molecule has 0 aromatic carbocycles. The first-order valence-corrected chi connectivity index (χ1v) is 6.45.